The molecule has 2 aromatic carbocycles. The summed E-state index contributed by atoms with van der Waals surface area (Å²) in [6.07, 6.45) is 1.83. The molecule has 0 amide bonds. The average Bonchev–Trinajstić information content (AvgIpc) is 2.49. The maximum Gasteiger partial charge on any atom is 0.0702 e. The van der Waals surface area contributed by atoms with Crippen molar-refractivity contribution in [3.05, 3.63) is 78.0 Å². The van der Waals surface area contributed by atoms with Gasteiger partial charge in [-0.05, 0) is 54.3 Å². The summed E-state index contributed by atoms with van der Waals surface area (Å²) in [4.78, 5) is 4.41. The molecule has 0 N–H and O–H groups in total. The zero-order valence-electron chi connectivity index (χ0n) is 11.8. The Morgan fingerprint density at radius 2 is 1.45 bits per heavy atom. The second kappa shape index (κ2) is 5.30. The van der Waals surface area contributed by atoms with Gasteiger partial charge in [0.15, 0.2) is 0 Å². The number of rotatable bonds is 2. The van der Waals surface area contributed by atoms with Crippen molar-refractivity contribution >= 4 is 0 Å². The molecule has 0 saturated heterocycles. The van der Waals surface area contributed by atoms with Gasteiger partial charge in [0, 0.05) is 11.8 Å². The molecule has 98 valence electrons. The van der Waals surface area contributed by atoms with Crippen LogP contribution < -0.4 is 0 Å². The number of hydrogen-bond acceptors (Lipinski definition) is 1. The molecule has 0 radical (unpaired) electrons. The standard InChI is InChI=1S/C19H17N/c1-14-7-3-4-8-17(14)18-11-10-16(13-15(18)2)19-9-5-6-12-20-19/h3-13H,1-2H3. The summed E-state index contributed by atoms with van der Waals surface area (Å²) in [5, 5.41) is 0. The van der Waals surface area contributed by atoms with Crippen LogP contribution in [0.5, 0.6) is 0 Å². The molecule has 0 unspecified atom stereocenters. The van der Waals surface area contributed by atoms with Crippen molar-refractivity contribution in [2.45, 2.75) is 13.8 Å². The number of aryl methyl sites for hydroxylation is 2. The molecule has 0 saturated carbocycles. The van der Waals surface area contributed by atoms with E-state index in [2.05, 4.69) is 61.3 Å². The largest absolute Gasteiger partial charge is 0.256 e. The van der Waals surface area contributed by atoms with Crippen LogP contribution in [-0.4, -0.2) is 4.98 Å². The third-order valence-corrected chi connectivity index (χ3v) is 3.62. The fourth-order valence-corrected chi connectivity index (χ4v) is 2.53. The fraction of sp³-hybridized carbons (Fsp3) is 0.105. The Balaban J connectivity index is 2.07. The van der Waals surface area contributed by atoms with Crippen molar-refractivity contribution < 1.29 is 0 Å². The highest BCUT2D eigenvalue weighted by atomic mass is 14.7. The minimum absolute atomic E-state index is 1.02. The van der Waals surface area contributed by atoms with Crippen LogP contribution in [0.1, 0.15) is 11.1 Å². The molecule has 1 heterocycles. The molecular formula is C19H17N. The topological polar surface area (TPSA) is 12.9 Å². The Morgan fingerprint density at radius 1 is 0.700 bits per heavy atom. The van der Waals surface area contributed by atoms with E-state index >= 15 is 0 Å². The molecule has 3 rings (SSSR count). The highest BCUT2D eigenvalue weighted by Crippen LogP contribution is 2.29. The summed E-state index contributed by atoms with van der Waals surface area (Å²) in [6.45, 7) is 4.32. The molecule has 1 nitrogen and oxygen atoms in total. The van der Waals surface area contributed by atoms with E-state index in [1.165, 1.54) is 27.8 Å². The quantitative estimate of drug-likeness (QED) is 0.628. The summed E-state index contributed by atoms with van der Waals surface area (Å²) in [6, 6.07) is 21.1. The maximum atomic E-state index is 4.41. The van der Waals surface area contributed by atoms with Gasteiger partial charge in [-0.2, -0.15) is 0 Å². The molecule has 0 aliphatic rings. The van der Waals surface area contributed by atoms with E-state index < -0.39 is 0 Å². The highest BCUT2D eigenvalue weighted by molar-refractivity contribution is 5.74. The van der Waals surface area contributed by atoms with E-state index in [0.29, 0.717) is 0 Å². The predicted octanol–water partition coefficient (Wildman–Crippen LogP) is 5.03. The lowest BCUT2D eigenvalue weighted by molar-refractivity contribution is 1.32. The second-order valence-corrected chi connectivity index (χ2v) is 5.06. The number of hydrogen-bond donors (Lipinski definition) is 0. The van der Waals surface area contributed by atoms with E-state index in [0.717, 1.165) is 5.69 Å². The first-order valence-corrected chi connectivity index (χ1v) is 6.84. The minimum Gasteiger partial charge on any atom is -0.256 e. The average molecular weight is 259 g/mol. The lowest BCUT2D eigenvalue weighted by atomic mass is 9.94. The van der Waals surface area contributed by atoms with Crippen LogP contribution in [0.15, 0.2) is 66.9 Å². The first-order valence-electron chi connectivity index (χ1n) is 6.84. The lowest BCUT2D eigenvalue weighted by Crippen LogP contribution is -1.89. The highest BCUT2D eigenvalue weighted by Gasteiger charge is 2.06. The predicted molar refractivity (Wildman–Crippen MR) is 84.6 cm³/mol. The SMILES string of the molecule is Cc1ccccc1-c1ccc(-c2ccccn2)cc1C. The van der Waals surface area contributed by atoms with Gasteiger partial charge in [0.25, 0.3) is 0 Å². The minimum atomic E-state index is 1.02. The Morgan fingerprint density at radius 3 is 2.15 bits per heavy atom. The monoisotopic (exact) mass is 259 g/mol. The number of nitrogens with zero attached hydrogens (tertiary/aromatic N) is 1. The lowest BCUT2D eigenvalue weighted by Gasteiger charge is -2.11. The Kier molecular flexibility index (Phi) is 3.34. The van der Waals surface area contributed by atoms with Crippen molar-refractivity contribution in [3.63, 3.8) is 0 Å². The Bertz CT molecular complexity index is 730. The molecule has 0 atom stereocenters. The molecule has 3 aromatic rings. The van der Waals surface area contributed by atoms with Crippen LogP contribution >= 0.6 is 0 Å². The van der Waals surface area contributed by atoms with Gasteiger partial charge >= 0.3 is 0 Å². The molecule has 0 fully saturated rings. The van der Waals surface area contributed by atoms with Gasteiger partial charge in [-0.15, -0.1) is 0 Å². The van der Waals surface area contributed by atoms with Crippen LogP contribution in [0, 0.1) is 13.8 Å². The van der Waals surface area contributed by atoms with Gasteiger partial charge < -0.3 is 0 Å². The molecule has 0 bridgehead atoms. The normalized spacial score (nSPS) is 10.5. The van der Waals surface area contributed by atoms with E-state index in [4.69, 9.17) is 0 Å². The van der Waals surface area contributed by atoms with Gasteiger partial charge in [-0.25, -0.2) is 0 Å². The van der Waals surface area contributed by atoms with Gasteiger partial charge in [0.2, 0.25) is 0 Å². The molecule has 0 spiro atoms. The van der Waals surface area contributed by atoms with E-state index in [1.54, 1.807) is 0 Å². The molecule has 1 heteroatoms. The Hall–Kier alpha value is -2.41. The zero-order valence-corrected chi connectivity index (χ0v) is 11.8. The zero-order chi connectivity index (χ0) is 13.9. The molecule has 1 aromatic heterocycles. The fourth-order valence-electron chi connectivity index (χ4n) is 2.53. The summed E-state index contributed by atoms with van der Waals surface area (Å²) in [5.41, 5.74) is 7.37. The van der Waals surface area contributed by atoms with Crippen LogP contribution in [0.3, 0.4) is 0 Å². The van der Waals surface area contributed by atoms with Gasteiger partial charge in [0.05, 0.1) is 5.69 Å². The molecule has 20 heavy (non-hydrogen) atoms. The Labute approximate surface area is 119 Å². The van der Waals surface area contributed by atoms with E-state index in [9.17, 15) is 0 Å². The van der Waals surface area contributed by atoms with Crippen molar-refractivity contribution in [2.75, 3.05) is 0 Å². The number of benzene rings is 2. The summed E-state index contributed by atoms with van der Waals surface area (Å²) in [7, 11) is 0. The molecule has 0 aliphatic heterocycles. The second-order valence-electron chi connectivity index (χ2n) is 5.06. The van der Waals surface area contributed by atoms with Crippen molar-refractivity contribution in [1.82, 2.24) is 4.98 Å². The van der Waals surface area contributed by atoms with Crippen molar-refractivity contribution in [3.8, 4) is 22.4 Å². The van der Waals surface area contributed by atoms with Gasteiger partial charge in [-0.3, -0.25) is 4.98 Å². The molecular weight excluding hydrogens is 242 g/mol. The van der Waals surface area contributed by atoms with Crippen molar-refractivity contribution in [1.29, 1.82) is 0 Å². The first-order chi connectivity index (χ1) is 9.75. The van der Waals surface area contributed by atoms with E-state index in [1.807, 2.05) is 24.4 Å². The van der Waals surface area contributed by atoms with Crippen LogP contribution in [0.2, 0.25) is 0 Å². The van der Waals surface area contributed by atoms with Gasteiger partial charge in [-0.1, -0.05) is 42.5 Å². The van der Waals surface area contributed by atoms with E-state index in [-0.39, 0.29) is 0 Å². The molecule has 0 aliphatic carbocycles. The smallest absolute Gasteiger partial charge is 0.0702 e. The third-order valence-electron chi connectivity index (χ3n) is 3.62. The van der Waals surface area contributed by atoms with Crippen LogP contribution in [-0.2, 0) is 0 Å². The summed E-state index contributed by atoms with van der Waals surface area (Å²) < 4.78 is 0. The first kappa shape index (κ1) is 12.6. The number of aromatic nitrogens is 1. The summed E-state index contributed by atoms with van der Waals surface area (Å²) >= 11 is 0. The number of pyridine rings is 1. The van der Waals surface area contributed by atoms with Crippen LogP contribution in [0.25, 0.3) is 22.4 Å². The third kappa shape index (κ3) is 2.35. The van der Waals surface area contributed by atoms with Crippen LogP contribution in [0.4, 0.5) is 0 Å². The van der Waals surface area contributed by atoms with Gasteiger partial charge in [0.1, 0.15) is 0 Å². The van der Waals surface area contributed by atoms with Crippen molar-refractivity contribution in [2.24, 2.45) is 0 Å². The maximum absolute atomic E-state index is 4.41. The summed E-state index contributed by atoms with van der Waals surface area (Å²) in [5.74, 6) is 0.